The van der Waals surface area contributed by atoms with Crippen molar-refractivity contribution in [1.82, 2.24) is 9.66 Å². The molecule has 0 bridgehead atoms. The zero-order valence-electron chi connectivity index (χ0n) is 20.3. The second-order valence-electron chi connectivity index (χ2n) is 8.35. The van der Waals surface area contributed by atoms with Crippen LogP contribution in [0.1, 0.15) is 43.1 Å². The molecule has 6 nitrogen and oxygen atoms in total. The van der Waals surface area contributed by atoms with E-state index in [9.17, 15) is 4.79 Å². The molecule has 1 aromatic heterocycles. The normalized spacial score (nSPS) is 12.3. The standard InChI is InChI=1S/C27H23Br2Cl2N3O3/c1-4-15(2)26-33-23-8-6-18(28)10-20(23)27(35)34(26)32-13-17-9-24(36-3)25(12-21(17)29)37-14-16-5-7-19(30)11-22(16)31/h5-13,15H,4,14H2,1-3H3/t15-/m1/s1. The number of rotatable bonds is 8. The maximum Gasteiger partial charge on any atom is 0.282 e. The monoisotopic (exact) mass is 665 g/mol. The summed E-state index contributed by atoms with van der Waals surface area (Å²) in [5, 5.41) is 6.11. The molecule has 10 heteroatoms. The highest BCUT2D eigenvalue weighted by molar-refractivity contribution is 9.10. The Hall–Kier alpha value is -2.39. The second-order valence-corrected chi connectivity index (χ2v) is 11.0. The van der Waals surface area contributed by atoms with Gasteiger partial charge >= 0.3 is 0 Å². The van der Waals surface area contributed by atoms with E-state index in [0.717, 1.165) is 16.5 Å². The van der Waals surface area contributed by atoms with E-state index in [4.69, 9.17) is 37.7 Å². The zero-order valence-corrected chi connectivity index (χ0v) is 24.9. The van der Waals surface area contributed by atoms with E-state index in [1.165, 1.54) is 4.68 Å². The number of hydrogen-bond acceptors (Lipinski definition) is 5. The predicted molar refractivity (Wildman–Crippen MR) is 157 cm³/mol. The van der Waals surface area contributed by atoms with Crippen LogP contribution in [0, 0.1) is 0 Å². The van der Waals surface area contributed by atoms with Gasteiger partial charge in [-0.25, -0.2) is 4.98 Å². The highest BCUT2D eigenvalue weighted by Gasteiger charge is 2.16. The number of methoxy groups -OCH3 is 1. The first-order valence-electron chi connectivity index (χ1n) is 11.4. The van der Waals surface area contributed by atoms with Crippen LogP contribution >= 0.6 is 55.1 Å². The number of ether oxygens (including phenoxy) is 2. The molecule has 0 amide bonds. The SMILES string of the molecule is CC[C@@H](C)c1nc2ccc(Br)cc2c(=O)n1N=Cc1cc(OC)c(OCc2ccc(Cl)cc2Cl)cc1Br. The topological polar surface area (TPSA) is 65.7 Å². The molecule has 4 aromatic rings. The summed E-state index contributed by atoms with van der Waals surface area (Å²) in [6, 6.07) is 14.3. The lowest BCUT2D eigenvalue weighted by molar-refractivity contribution is 0.284. The van der Waals surface area contributed by atoms with Gasteiger partial charge in [0.05, 0.1) is 24.2 Å². The molecule has 192 valence electrons. The number of hydrogen-bond donors (Lipinski definition) is 0. The number of fused-ring (bicyclic) bond motifs is 1. The molecule has 0 N–H and O–H groups in total. The van der Waals surface area contributed by atoms with E-state index in [0.29, 0.717) is 48.3 Å². The Morgan fingerprint density at radius 1 is 1.11 bits per heavy atom. The molecule has 0 fully saturated rings. The third kappa shape index (κ3) is 6.20. The lowest BCUT2D eigenvalue weighted by Gasteiger charge is -2.15. The summed E-state index contributed by atoms with van der Waals surface area (Å²) in [4.78, 5) is 18.1. The van der Waals surface area contributed by atoms with Crippen LogP contribution in [0.15, 0.2) is 67.4 Å². The van der Waals surface area contributed by atoms with Crippen LogP contribution in [-0.4, -0.2) is 23.0 Å². The lowest BCUT2D eigenvalue weighted by Crippen LogP contribution is -2.23. The van der Waals surface area contributed by atoms with Crippen molar-refractivity contribution in [2.24, 2.45) is 5.10 Å². The molecule has 37 heavy (non-hydrogen) atoms. The summed E-state index contributed by atoms with van der Waals surface area (Å²) in [7, 11) is 1.56. The first-order chi connectivity index (χ1) is 17.7. The summed E-state index contributed by atoms with van der Waals surface area (Å²) in [5.74, 6) is 1.66. The Labute approximate surface area is 241 Å². The molecule has 0 radical (unpaired) electrons. The Morgan fingerprint density at radius 3 is 2.59 bits per heavy atom. The number of aromatic nitrogens is 2. The van der Waals surface area contributed by atoms with Crippen molar-refractivity contribution in [3.8, 4) is 11.5 Å². The van der Waals surface area contributed by atoms with Crippen LogP contribution in [-0.2, 0) is 6.61 Å². The fourth-order valence-corrected chi connectivity index (χ4v) is 4.86. The maximum absolute atomic E-state index is 13.4. The fourth-order valence-electron chi connectivity index (χ4n) is 3.62. The van der Waals surface area contributed by atoms with Crippen molar-refractivity contribution in [2.75, 3.05) is 7.11 Å². The van der Waals surface area contributed by atoms with Gasteiger partial charge in [0.1, 0.15) is 12.4 Å². The number of nitrogens with zero attached hydrogens (tertiary/aromatic N) is 3. The van der Waals surface area contributed by atoms with Crippen LogP contribution < -0.4 is 15.0 Å². The molecular formula is C27H23Br2Cl2N3O3. The van der Waals surface area contributed by atoms with Gasteiger partial charge in [-0.3, -0.25) is 4.79 Å². The third-order valence-corrected chi connectivity index (χ3v) is 7.65. The van der Waals surface area contributed by atoms with Gasteiger partial charge in [0, 0.05) is 36.0 Å². The van der Waals surface area contributed by atoms with Crippen molar-refractivity contribution in [3.05, 3.63) is 94.8 Å². The van der Waals surface area contributed by atoms with E-state index in [-0.39, 0.29) is 18.1 Å². The van der Waals surface area contributed by atoms with Crippen LogP contribution in [0.5, 0.6) is 11.5 Å². The van der Waals surface area contributed by atoms with E-state index < -0.39 is 0 Å². The van der Waals surface area contributed by atoms with E-state index in [2.05, 4.69) is 37.0 Å². The van der Waals surface area contributed by atoms with Crippen LogP contribution in [0.25, 0.3) is 10.9 Å². The molecule has 0 spiro atoms. The van der Waals surface area contributed by atoms with Gasteiger partial charge in [0.15, 0.2) is 11.5 Å². The number of benzene rings is 3. The first kappa shape index (κ1) is 27.6. The van der Waals surface area contributed by atoms with Crippen molar-refractivity contribution < 1.29 is 9.47 Å². The molecule has 0 saturated carbocycles. The molecule has 1 atom stereocenters. The van der Waals surface area contributed by atoms with Crippen molar-refractivity contribution in [2.45, 2.75) is 32.8 Å². The minimum Gasteiger partial charge on any atom is -0.493 e. The van der Waals surface area contributed by atoms with Crippen LogP contribution in [0.4, 0.5) is 0 Å². The smallest absolute Gasteiger partial charge is 0.282 e. The van der Waals surface area contributed by atoms with Crippen molar-refractivity contribution in [1.29, 1.82) is 0 Å². The Morgan fingerprint density at radius 2 is 1.89 bits per heavy atom. The molecule has 1 heterocycles. The van der Waals surface area contributed by atoms with Gasteiger partial charge in [0.25, 0.3) is 5.56 Å². The third-order valence-electron chi connectivity index (χ3n) is 5.88. The molecule has 0 aliphatic rings. The van der Waals surface area contributed by atoms with Gasteiger partial charge in [-0.05, 0) is 64.8 Å². The zero-order chi connectivity index (χ0) is 26.7. The Kier molecular flexibility index (Phi) is 8.95. The Balaban J connectivity index is 1.70. The quantitative estimate of drug-likeness (QED) is 0.178. The van der Waals surface area contributed by atoms with Gasteiger partial charge in [-0.15, -0.1) is 0 Å². The summed E-state index contributed by atoms with van der Waals surface area (Å²) in [5.41, 5.74) is 1.90. The first-order valence-corrected chi connectivity index (χ1v) is 13.8. The molecular weight excluding hydrogens is 645 g/mol. The van der Waals surface area contributed by atoms with E-state index in [1.807, 2.05) is 32.0 Å². The molecule has 0 saturated heterocycles. The number of halogens is 4. The van der Waals surface area contributed by atoms with Crippen LogP contribution in [0.2, 0.25) is 10.0 Å². The van der Waals surface area contributed by atoms with Gasteiger partial charge in [-0.2, -0.15) is 9.78 Å². The molecule has 0 aliphatic carbocycles. The predicted octanol–water partition coefficient (Wildman–Crippen LogP) is 8.21. The summed E-state index contributed by atoms with van der Waals surface area (Å²) < 4.78 is 14.4. The van der Waals surface area contributed by atoms with E-state index >= 15 is 0 Å². The van der Waals surface area contributed by atoms with Crippen molar-refractivity contribution >= 4 is 72.2 Å². The highest BCUT2D eigenvalue weighted by Crippen LogP contribution is 2.34. The minimum absolute atomic E-state index is 0.0336. The Bertz CT molecular complexity index is 1560. The summed E-state index contributed by atoms with van der Waals surface area (Å²) >= 11 is 19.3. The van der Waals surface area contributed by atoms with Crippen molar-refractivity contribution in [3.63, 3.8) is 0 Å². The second kappa shape index (κ2) is 12.0. The molecule has 3 aromatic carbocycles. The summed E-state index contributed by atoms with van der Waals surface area (Å²) in [6.07, 6.45) is 2.41. The van der Waals surface area contributed by atoms with Gasteiger partial charge in [-0.1, -0.05) is 59.0 Å². The molecule has 0 unspecified atom stereocenters. The largest absolute Gasteiger partial charge is 0.493 e. The highest BCUT2D eigenvalue weighted by atomic mass is 79.9. The molecule has 4 rings (SSSR count). The fraction of sp³-hybridized carbons (Fsp3) is 0.222. The van der Waals surface area contributed by atoms with Crippen LogP contribution in [0.3, 0.4) is 0 Å². The minimum atomic E-state index is -0.235. The average molecular weight is 668 g/mol. The van der Waals surface area contributed by atoms with E-state index in [1.54, 1.807) is 43.7 Å². The maximum atomic E-state index is 13.4. The average Bonchev–Trinajstić information content (AvgIpc) is 2.88. The lowest BCUT2D eigenvalue weighted by atomic mass is 10.1. The molecule has 0 aliphatic heterocycles. The van der Waals surface area contributed by atoms with Gasteiger partial charge < -0.3 is 9.47 Å². The van der Waals surface area contributed by atoms with Gasteiger partial charge in [0.2, 0.25) is 0 Å². The summed E-state index contributed by atoms with van der Waals surface area (Å²) in [6.45, 7) is 4.31.